The summed E-state index contributed by atoms with van der Waals surface area (Å²) in [5.74, 6) is -4.10. The Bertz CT molecular complexity index is 1410. The van der Waals surface area contributed by atoms with E-state index in [0.717, 1.165) is 28.6 Å². The number of halogens is 3. The molecule has 0 saturated carbocycles. The Morgan fingerprint density at radius 1 is 1.12 bits per heavy atom. The van der Waals surface area contributed by atoms with Crippen LogP contribution in [0.15, 0.2) is 48.7 Å². The van der Waals surface area contributed by atoms with E-state index in [1.165, 1.54) is 0 Å². The van der Waals surface area contributed by atoms with Crippen LogP contribution in [0.2, 0.25) is 0 Å². The van der Waals surface area contributed by atoms with Crippen molar-refractivity contribution in [1.29, 1.82) is 0 Å². The van der Waals surface area contributed by atoms with E-state index in [1.54, 1.807) is 24.0 Å². The lowest BCUT2D eigenvalue weighted by molar-refractivity contribution is 0.0546. The van der Waals surface area contributed by atoms with Crippen LogP contribution in [0.3, 0.4) is 0 Å². The number of carbonyl (C=O) groups is 1. The van der Waals surface area contributed by atoms with Crippen LogP contribution in [0.25, 0.3) is 22.2 Å². The van der Waals surface area contributed by atoms with Gasteiger partial charge in [0.1, 0.15) is 0 Å². The van der Waals surface area contributed by atoms with Crippen LogP contribution in [0.5, 0.6) is 0 Å². The number of hydrogen-bond acceptors (Lipinski definition) is 3. The van der Waals surface area contributed by atoms with Gasteiger partial charge in [-0.25, -0.2) is 13.2 Å². The predicted molar refractivity (Wildman–Crippen MR) is 123 cm³/mol. The summed E-state index contributed by atoms with van der Waals surface area (Å²) in [6, 6.07) is 10.7. The Kier molecular flexibility index (Phi) is 5.38. The molecule has 5 rings (SSSR count). The van der Waals surface area contributed by atoms with E-state index < -0.39 is 17.5 Å². The molecule has 3 heterocycles. The van der Waals surface area contributed by atoms with Gasteiger partial charge in [-0.05, 0) is 56.2 Å². The Hall–Kier alpha value is -3.68. The lowest BCUT2D eigenvalue weighted by Gasteiger charge is -2.40. The molecule has 0 radical (unpaired) electrons. The number of rotatable bonds is 3. The number of benzene rings is 2. The number of amides is 1. The first-order valence-electron chi connectivity index (χ1n) is 11.2. The van der Waals surface area contributed by atoms with Gasteiger partial charge in [0.15, 0.2) is 17.5 Å². The molecule has 1 amide bonds. The smallest absolute Gasteiger partial charge is 0.254 e. The average Bonchev–Trinajstić information content (AvgIpc) is 3.17. The summed E-state index contributed by atoms with van der Waals surface area (Å²) < 4.78 is 43.1. The number of carbonyl (C=O) groups excluding carboxylic acids is 1. The fraction of sp³-hybridized carbons (Fsp3) is 0.269. The van der Waals surface area contributed by atoms with Crippen LogP contribution >= 0.6 is 0 Å². The number of pyridine rings is 1. The van der Waals surface area contributed by atoms with Crippen LogP contribution < -0.4 is 0 Å². The minimum atomic E-state index is -1.50. The first-order valence-corrected chi connectivity index (χ1v) is 11.2. The van der Waals surface area contributed by atoms with Gasteiger partial charge in [-0.3, -0.25) is 14.5 Å². The van der Waals surface area contributed by atoms with Gasteiger partial charge in [0.25, 0.3) is 5.91 Å². The topological polar surface area (TPSA) is 51.0 Å². The van der Waals surface area contributed by atoms with Crippen molar-refractivity contribution in [3.05, 3.63) is 82.9 Å². The predicted octanol–water partition coefficient (Wildman–Crippen LogP) is 5.59. The van der Waals surface area contributed by atoms with Crippen molar-refractivity contribution in [3.8, 4) is 11.3 Å². The second-order valence-corrected chi connectivity index (χ2v) is 8.66. The molecule has 2 atom stereocenters. The van der Waals surface area contributed by atoms with E-state index in [1.807, 2.05) is 43.0 Å². The monoisotopic (exact) mass is 464 g/mol. The zero-order valence-corrected chi connectivity index (χ0v) is 19.0. The molecule has 8 heteroatoms. The zero-order valence-electron chi connectivity index (χ0n) is 19.0. The molecular weight excluding hydrogens is 441 g/mol. The van der Waals surface area contributed by atoms with Crippen LogP contribution in [-0.4, -0.2) is 31.6 Å². The third-order valence-corrected chi connectivity index (χ3v) is 6.64. The Morgan fingerprint density at radius 2 is 1.85 bits per heavy atom. The van der Waals surface area contributed by atoms with Gasteiger partial charge in [0.05, 0.1) is 22.9 Å². The highest BCUT2D eigenvalue weighted by molar-refractivity contribution is 5.98. The summed E-state index contributed by atoms with van der Waals surface area (Å²) in [6.07, 6.45) is 2.87. The van der Waals surface area contributed by atoms with Crippen molar-refractivity contribution >= 4 is 16.8 Å². The maximum Gasteiger partial charge on any atom is 0.254 e. The third-order valence-electron chi connectivity index (χ3n) is 6.64. The Morgan fingerprint density at radius 3 is 2.56 bits per heavy atom. The molecule has 34 heavy (non-hydrogen) atoms. The van der Waals surface area contributed by atoms with E-state index in [4.69, 9.17) is 0 Å². The molecule has 0 N–H and O–H groups in total. The third kappa shape index (κ3) is 3.45. The minimum Gasteiger partial charge on any atom is -0.327 e. The molecule has 0 fully saturated rings. The molecule has 0 spiro atoms. The summed E-state index contributed by atoms with van der Waals surface area (Å²) in [6.45, 7) is 3.91. The fourth-order valence-corrected chi connectivity index (χ4v) is 5.00. The first kappa shape index (κ1) is 22.1. The van der Waals surface area contributed by atoms with E-state index >= 15 is 0 Å². The van der Waals surface area contributed by atoms with E-state index in [0.29, 0.717) is 29.8 Å². The van der Waals surface area contributed by atoms with Gasteiger partial charge in [0.2, 0.25) is 0 Å². The van der Waals surface area contributed by atoms with Gasteiger partial charge in [-0.2, -0.15) is 5.10 Å². The van der Waals surface area contributed by atoms with E-state index in [-0.39, 0.29) is 23.6 Å². The Balaban J connectivity index is 1.57. The second-order valence-electron chi connectivity index (χ2n) is 8.66. The van der Waals surface area contributed by atoms with Gasteiger partial charge in [-0.15, -0.1) is 0 Å². The number of fused-ring (bicyclic) bond motifs is 2. The lowest BCUT2D eigenvalue weighted by Crippen LogP contribution is -2.46. The maximum absolute atomic E-state index is 14.0. The average molecular weight is 464 g/mol. The molecule has 174 valence electrons. The van der Waals surface area contributed by atoms with Crippen molar-refractivity contribution in [3.63, 3.8) is 0 Å². The molecule has 1 aliphatic rings. The highest BCUT2D eigenvalue weighted by Crippen LogP contribution is 2.40. The number of aromatic nitrogens is 3. The number of hydrogen-bond donors (Lipinski definition) is 0. The highest BCUT2D eigenvalue weighted by Gasteiger charge is 2.38. The largest absolute Gasteiger partial charge is 0.327 e. The van der Waals surface area contributed by atoms with Crippen molar-refractivity contribution in [2.45, 2.75) is 38.8 Å². The normalized spacial score (nSPS) is 17.8. The van der Waals surface area contributed by atoms with Crippen molar-refractivity contribution in [1.82, 2.24) is 19.7 Å². The number of nitrogens with zero attached hydrogens (tertiary/aromatic N) is 4. The van der Waals surface area contributed by atoms with Crippen LogP contribution in [0, 0.1) is 17.5 Å². The molecule has 5 nitrogen and oxygen atoms in total. The molecule has 2 aromatic heterocycles. The molecule has 2 unspecified atom stereocenters. The SMILES string of the molecule is CCC1Cc2c(nn(C)c2-c2cc(F)c(F)c(F)c2)C(C)N1C(=O)c1ccc2ncccc2c1. The van der Waals surface area contributed by atoms with Gasteiger partial charge in [-0.1, -0.05) is 13.0 Å². The molecule has 0 saturated heterocycles. The van der Waals surface area contributed by atoms with Crippen LogP contribution in [0.1, 0.15) is 47.9 Å². The number of aryl methyl sites for hydroxylation is 1. The molecule has 0 aliphatic carbocycles. The lowest BCUT2D eigenvalue weighted by atomic mass is 9.88. The molecule has 2 aromatic carbocycles. The summed E-state index contributed by atoms with van der Waals surface area (Å²) in [5.41, 5.74) is 3.61. The standard InChI is InChI=1S/C26H23F3N4O/c1-4-18-13-19-24(31-32(3)25(19)17-11-20(27)23(29)21(28)12-17)14(2)33(18)26(34)16-7-8-22-15(10-16)6-5-9-30-22/h5-12,14,18H,4,13H2,1-3H3. The summed E-state index contributed by atoms with van der Waals surface area (Å²) in [7, 11) is 1.68. The highest BCUT2D eigenvalue weighted by atomic mass is 19.2. The van der Waals surface area contributed by atoms with Crippen molar-refractivity contribution in [2.75, 3.05) is 0 Å². The molecule has 0 bridgehead atoms. The molecular formula is C26H23F3N4O. The summed E-state index contributed by atoms with van der Waals surface area (Å²) >= 11 is 0. The van der Waals surface area contributed by atoms with Crippen molar-refractivity contribution < 1.29 is 18.0 Å². The zero-order chi connectivity index (χ0) is 24.1. The van der Waals surface area contributed by atoms with Gasteiger partial charge in [0, 0.05) is 41.4 Å². The van der Waals surface area contributed by atoms with E-state index in [2.05, 4.69) is 10.1 Å². The quantitative estimate of drug-likeness (QED) is 0.372. The molecule has 4 aromatic rings. The van der Waals surface area contributed by atoms with Gasteiger partial charge >= 0.3 is 0 Å². The van der Waals surface area contributed by atoms with Gasteiger partial charge < -0.3 is 4.90 Å². The minimum absolute atomic E-state index is 0.109. The summed E-state index contributed by atoms with van der Waals surface area (Å²) in [5, 5.41) is 5.49. The Labute approximate surface area is 194 Å². The van der Waals surface area contributed by atoms with Crippen LogP contribution in [0.4, 0.5) is 13.2 Å². The summed E-state index contributed by atoms with van der Waals surface area (Å²) in [4.78, 5) is 19.8. The van der Waals surface area contributed by atoms with Crippen molar-refractivity contribution in [2.24, 2.45) is 7.05 Å². The van der Waals surface area contributed by atoms with E-state index in [9.17, 15) is 18.0 Å². The fourth-order valence-electron chi connectivity index (χ4n) is 5.00. The maximum atomic E-state index is 14.0. The van der Waals surface area contributed by atoms with Crippen LogP contribution in [-0.2, 0) is 13.5 Å². The second kappa shape index (κ2) is 8.27. The molecule has 1 aliphatic heterocycles. The first-order chi connectivity index (χ1) is 16.3.